The van der Waals surface area contributed by atoms with Crippen LogP contribution in [-0.4, -0.2) is 104 Å². The molecule has 14 heteroatoms. The van der Waals surface area contributed by atoms with Crippen LogP contribution in [-0.2, 0) is 12.0 Å². The van der Waals surface area contributed by atoms with Crippen molar-refractivity contribution in [2.24, 2.45) is 0 Å². The fourth-order valence-electron chi connectivity index (χ4n) is 8.75. The third kappa shape index (κ3) is 8.90. The number of anilines is 2. The highest BCUT2D eigenvalue weighted by Gasteiger charge is 2.32. The minimum atomic E-state index is -0.326. The normalized spacial score (nSPS) is 21.6. The Bertz CT molecular complexity index is 2230. The number of piperazine rings is 1. The molecular formula is C45H60N10O4. The number of amides is 2. The van der Waals surface area contributed by atoms with E-state index >= 15 is 0 Å². The van der Waals surface area contributed by atoms with Gasteiger partial charge in [0.1, 0.15) is 30.0 Å². The molecule has 5 aromatic rings. The molecule has 1 aliphatic carbocycles. The van der Waals surface area contributed by atoms with Crippen molar-refractivity contribution in [3.63, 3.8) is 0 Å². The summed E-state index contributed by atoms with van der Waals surface area (Å²) in [6, 6.07) is 19.9. The second-order valence-electron chi connectivity index (χ2n) is 17.6. The number of carbonyl (C=O) groups excluding carboxylic acids is 1. The summed E-state index contributed by atoms with van der Waals surface area (Å²) in [5, 5.41) is 30.6. The topological polar surface area (TPSA) is 138 Å². The van der Waals surface area contributed by atoms with Gasteiger partial charge in [-0.3, -0.25) is 14.6 Å². The first-order chi connectivity index (χ1) is 28.4. The molecule has 3 aromatic heterocycles. The summed E-state index contributed by atoms with van der Waals surface area (Å²) in [7, 11) is 2.15. The van der Waals surface area contributed by atoms with Gasteiger partial charge in [0, 0.05) is 67.9 Å². The summed E-state index contributed by atoms with van der Waals surface area (Å²) in [6.07, 6.45) is 6.73. The fourth-order valence-corrected chi connectivity index (χ4v) is 8.75. The molecule has 14 nitrogen and oxygen atoms in total. The molecule has 2 fully saturated rings. The molecule has 4 atom stereocenters. The van der Waals surface area contributed by atoms with Crippen LogP contribution in [0, 0.1) is 0 Å². The lowest BCUT2D eigenvalue weighted by atomic mass is 9.85. The number of nitrogens with zero attached hydrogens (tertiary/aromatic N) is 8. The number of carbonyl (C=O) groups is 1. The Hall–Kier alpha value is -5.18. The molecule has 0 radical (unpaired) electrons. The number of nitrogens with one attached hydrogen (secondary N) is 2. The number of pyridine rings is 1. The third-order valence-corrected chi connectivity index (χ3v) is 12.2. The lowest BCUT2D eigenvalue weighted by molar-refractivity contribution is 0.133. The van der Waals surface area contributed by atoms with Crippen LogP contribution in [0.4, 0.5) is 16.6 Å². The van der Waals surface area contributed by atoms with Crippen molar-refractivity contribution in [3.05, 3.63) is 89.2 Å². The largest absolute Gasteiger partial charge is 0.492 e. The molecule has 3 aliphatic rings. The van der Waals surface area contributed by atoms with Crippen molar-refractivity contribution in [2.75, 3.05) is 56.6 Å². The van der Waals surface area contributed by atoms with Gasteiger partial charge in [-0.05, 0) is 82.3 Å². The molecule has 2 amide bonds. The standard InChI is InChI=1S/C45H60N10O4/c1-30-10-9-11-31(2)54(30)44-49-48-41-19-16-34(28-53(41)44)59-38-18-17-37(35-12-7-8-13-36(35)38)46-43(57)47-42-27-40(45(3,4)5)50-55(42)33-15-14-32(29-56)39(26-33)58-25-24-52-22-20-51(6)21-23-52/h7-8,12-16,19,26-28,30-31,37-38,56H,9-11,17-18,20-25,29H2,1-6H3,(H2,46,47,57)/t30-,31+,37-,38+/m0/s1. The van der Waals surface area contributed by atoms with Gasteiger partial charge in [-0.1, -0.05) is 51.1 Å². The minimum Gasteiger partial charge on any atom is -0.492 e. The quantitative estimate of drug-likeness (QED) is 0.130. The molecule has 2 aromatic carbocycles. The van der Waals surface area contributed by atoms with Gasteiger partial charge >= 0.3 is 6.03 Å². The summed E-state index contributed by atoms with van der Waals surface area (Å²) in [5.74, 6) is 2.74. The maximum absolute atomic E-state index is 13.9. The van der Waals surface area contributed by atoms with Crippen molar-refractivity contribution in [1.29, 1.82) is 0 Å². The van der Waals surface area contributed by atoms with E-state index in [0.717, 1.165) is 91.8 Å². The van der Waals surface area contributed by atoms with Crippen LogP contribution in [0.1, 0.15) is 101 Å². The van der Waals surface area contributed by atoms with E-state index in [4.69, 9.17) is 14.6 Å². The Balaban J connectivity index is 0.974. The average Bonchev–Trinajstić information content (AvgIpc) is 3.84. The van der Waals surface area contributed by atoms with Gasteiger partial charge in [0.05, 0.1) is 30.2 Å². The van der Waals surface area contributed by atoms with E-state index in [1.165, 1.54) is 6.42 Å². The first kappa shape index (κ1) is 40.6. The van der Waals surface area contributed by atoms with Crippen LogP contribution in [0.25, 0.3) is 11.3 Å². The van der Waals surface area contributed by atoms with Crippen molar-refractivity contribution in [2.45, 2.75) is 103 Å². The molecular weight excluding hydrogens is 745 g/mol. The third-order valence-electron chi connectivity index (χ3n) is 12.2. The zero-order valence-corrected chi connectivity index (χ0v) is 35.4. The average molecular weight is 805 g/mol. The number of piperidine rings is 1. The van der Waals surface area contributed by atoms with Gasteiger partial charge < -0.3 is 29.7 Å². The van der Waals surface area contributed by atoms with E-state index in [0.29, 0.717) is 42.2 Å². The number of benzene rings is 2. The van der Waals surface area contributed by atoms with Gasteiger partial charge in [-0.25, -0.2) is 9.48 Å². The van der Waals surface area contributed by atoms with Gasteiger partial charge in [-0.2, -0.15) is 5.10 Å². The van der Waals surface area contributed by atoms with Gasteiger partial charge in [0.25, 0.3) is 0 Å². The molecule has 2 aliphatic heterocycles. The Kier molecular flexibility index (Phi) is 11.8. The molecule has 59 heavy (non-hydrogen) atoms. The number of rotatable bonds is 11. The van der Waals surface area contributed by atoms with Crippen LogP contribution < -0.4 is 25.0 Å². The van der Waals surface area contributed by atoms with Crippen LogP contribution in [0.15, 0.2) is 66.9 Å². The van der Waals surface area contributed by atoms with E-state index in [2.05, 4.69) is 93.7 Å². The van der Waals surface area contributed by atoms with E-state index in [9.17, 15) is 9.90 Å². The zero-order valence-electron chi connectivity index (χ0n) is 35.4. The Morgan fingerprint density at radius 3 is 2.42 bits per heavy atom. The van der Waals surface area contributed by atoms with E-state index < -0.39 is 0 Å². The number of aliphatic hydroxyl groups excluding tert-OH is 1. The second kappa shape index (κ2) is 17.2. The van der Waals surface area contributed by atoms with Crippen molar-refractivity contribution < 1.29 is 19.4 Å². The molecule has 0 spiro atoms. The highest BCUT2D eigenvalue weighted by atomic mass is 16.5. The number of fused-ring (bicyclic) bond motifs is 2. The van der Waals surface area contributed by atoms with Crippen LogP contribution >= 0.6 is 0 Å². The lowest BCUT2D eigenvalue weighted by Gasteiger charge is -2.39. The van der Waals surface area contributed by atoms with Crippen LogP contribution in [0.5, 0.6) is 11.5 Å². The monoisotopic (exact) mass is 804 g/mol. The molecule has 5 heterocycles. The molecule has 0 bridgehead atoms. The number of ether oxygens (including phenoxy) is 2. The number of hydrogen-bond donors (Lipinski definition) is 3. The SMILES string of the molecule is C[C@@H]1CCC[C@H](C)N1c1nnc2ccc(O[C@@H]3CC[C@H](NC(=O)Nc4cc(C(C)(C)C)nn4-c4ccc(CO)c(OCCN5CCN(C)CC5)c4)c4ccccc43)cn12. The predicted octanol–water partition coefficient (Wildman–Crippen LogP) is 6.88. The minimum absolute atomic E-state index is 0.144. The second-order valence-corrected chi connectivity index (χ2v) is 17.6. The molecule has 3 N–H and O–H groups in total. The van der Waals surface area contributed by atoms with E-state index in [-0.39, 0.29) is 30.2 Å². The number of aromatic nitrogens is 5. The van der Waals surface area contributed by atoms with Crippen molar-refractivity contribution in [3.8, 4) is 17.2 Å². The maximum Gasteiger partial charge on any atom is 0.320 e. The van der Waals surface area contributed by atoms with E-state index in [1.54, 1.807) is 4.68 Å². The lowest BCUT2D eigenvalue weighted by Crippen LogP contribution is -2.45. The summed E-state index contributed by atoms with van der Waals surface area (Å²) in [6.45, 7) is 16.1. The first-order valence-electron chi connectivity index (χ1n) is 21.3. The van der Waals surface area contributed by atoms with Gasteiger partial charge in [-0.15, -0.1) is 10.2 Å². The Labute approximate surface area is 347 Å². The number of aliphatic hydroxyl groups is 1. The molecule has 314 valence electrons. The Morgan fingerprint density at radius 1 is 0.915 bits per heavy atom. The Morgan fingerprint density at radius 2 is 1.68 bits per heavy atom. The molecule has 2 saturated heterocycles. The summed E-state index contributed by atoms with van der Waals surface area (Å²) in [4.78, 5) is 21.0. The molecule has 0 saturated carbocycles. The molecule has 0 unspecified atom stereocenters. The van der Waals surface area contributed by atoms with Crippen LogP contribution in [0.3, 0.4) is 0 Å². The van der Waals surface area contributed by atoms with Crippen molar-refractivity contribution in [1.82, 2.24) is 39.5 Å². The highest BCUT2D eigenvalue weighted by Crippen LogP contribution is 2.39. The maximum atomic E-state index is 13.9. The predicted molar refractivity (Wildman–Crippen MR) is 230 cm³/mol. The highest BCUT2D eigenvalue weighted by molar-refractivity contribution is 5.89. The summed E-state index contributed by atoms with van der Waals surface area (Å²) >= 11 is 0. The number of hydrogen-bond acceptors (Lipinski definition) is 10. The summed E-state index contributed by atoms with van der Waals surface area (Å²) in [5.41, 5.74) is 4.86. The molecule has 8 rings (SSSR count). The van der Waals surface area contributed by atoms with E-state index in [1.807, 2.05) is 54.7 Å². The first-order valence-corrected chi connectivity index (χ1v) is 21.3. The number of likely N-dealkylation sites (N-methyl/N-ethyl adjacent to an activating group) is 1. The zero-order chi connectivity index (χ0) is 41.3. The number of urea groups is 1. The smallest absolute Gasteiger partial charge is 0.320 e. The van der Waals surface area contributed by atoms with Crippen LogP contribution in [0.2, 0.25) is 0 Å². The van der Waals surface area contributed by atoms with Gasteiger partial charge in [0.2, 0.25) is 5.95 Å². The van der Waals surface area contributed by atoms with Crippen molar-refractivity contribution >= 4 is 23.4 Å². The fraction of sp³-hybridized carbons (Fsp3) is 0.511. The summed E-state index contributed by atoms with van der Waals surface area (Å²) < 4.78 is 16.8. The van der Waals surface area contributed by atoms with Gasteiger partial charge in [0.15, 0.2) is 5.65 Å².